The summed E-state index contributed by atoms with van der Waals surface area (Å²) < 4.78 is 5.16. The van der Waals surface area contributed by atoms with Gasteiger partial charge in [-0.15, -0.1) is 0 Å². The zero-order valence-corrected chi connectivity index (χ0v) is 9.90. The molecule has 0 saturated heterocycles. The number of methoxy groups -OCH3 is 1. The molecule has 0 aliphatic heterocycles. The van der Waals surface area contributed by atoms with Crippen molar-refractivity contribution >= 4 is 0 Å². The van der Waals surface area contributed by atoms with Crippen LogP contribution in [0.5, 0.6) is 5.75 Å². The second-order valence-corrected chi connectivity index (χ2v) is 4.01. The molecule has 1 unspecified atom stereocenters. The Labute approximate surface area is 96.5 Å². The van der Waals surface area contributed by atoms with E-state index in [-0.39, 0.29) is 6.54 Å². The predicted molar refractivity (Wildman–Crippen MR) is 63.5 cm³/mol. The van der Waals surface area contributed by atoms with E-state index in [9.17, 15) is 5.11 Å². The molecule has 0 aliphatic carbocycles. The van der Waals surface area contributed by atoms with Crippen LogP contribution in [-0.2, 0) is 0 Å². The molecule has 86 valence electrons. The normalized spacial score (nSPS) is 12.2. The average molecular weight is 219 g/mol. The molecular weight excluding hydrogens is 202 g/mol. The number of hydrogen-bond donors (Lipinski definition) is 1. The molecule has 0 aromatic heterocycles. The molecule has 16 heavy (non-hydrogen) atoms. The molecule has 1 N–H and O–H groups in total. The minimum absolute atomic E-state index is 0.103. The summed E-state index contributed by atoms with van der Waals surface area (Å²) in [6.45, 7) is 11.0. The first kappa shape index (κ1) is 12.5. The Hall–Kier alpha value is -1.53. The van der Waals surface area contributed by atoms with Gasteiger partial charge in [0.15, 0.2) is 6.10 Å². The number of hydrogen-bond acceptors (Lipinski definition) is 2. The summed E-state index contributed by atoms with van der Waals surface area (Å²) in [4.78, 5) is 3.22. The molecule has 0 radical (unpaired) electrons. The van der Waals surface area contributed by atoms with Gasteiger partial charge in [-0.1, -0.05) is 19.9 Å². The fourth-order valence-electron chi connectivity index (χ4n) is 1.67. The van der Waals surface area contributed by atoms with Crippen LogP contribution in [0.2, 0.25) is 0 Å². The second-order valence-electron chi connectivity index (χ2n) is 4.01. The number of aliphatic hydroxyl groups excluding tert-OH is 1. The number of benzene rings is 1. The van der Waals surface area contributed by atoms with Crippen molar-refractivity contribution in [1.29, 1.82) is 0 Å². The van der Waals surface area contributed by atoms with E-state index in [1.54, 1.807) is 7.11 Å². The molecule has 0 saturated carbocycles. The highest BCUT2D eigenvalue weighted by atomic mass is 16.5. The smallest absolute Gasteiger partial charge is 0.244 e. The Bertz CT molecular complexity index is 393. The van der Waals surface area contributed by atoms with Gasteiger partial charge in [-0.2, -0.15) is 0 Å². The van der Waals surface area contributed by atoms with Gasteiger partial charge in [-0.25, -0.2) is 6.57 Å². The van der Waals surface area contributed by atoms with Crippen LogP contribution in [0.4, 0.5) is 0 Å². The van der Waals surface area contributed by atoms with E-state index in [1.165, 1.54) is 0 Å². The van der Waals surface area contributed by atoms with Gasteiger partial charge in [0.05, 0.1) is 7.11 Å². The van der Waals surface area contributed by atoms with Crippen molar-refractivity contribution in [3.05, 3.63) is 40.7 Å². The monoisotopic (exact) mass is 219 g/mol. The molecule has 1 aromatic carbocycles. The van der Waals surface area contributed by atoms with Crippen LogP contribution in [-0.4, -0.2) is 18.8 Å². The number of aliphatic hydroxyl groups is 1. The van der Waals surface area contributed by atoms with E-state index in [1.807, 2.05) is 18.2 Å². The zero-order valence-electron chi connectivity index (χ0n) is 9.90. The topological polar surface area (TPSA) is 33.8 Å². The Balaban J connectivity index is 3.13. The Morgan fingerprint density at radius 3 is 2.56 bits per heavy atom. The fourth-order valence-corrected chi connectivity index (χ4v) is 1.67. The van der Waals surface area contributed by atoms with Crippen molar-refractivity contribution in [2.45, 2.75) is 25.9 Å². The summed E-state index contributed by atoms with van der Waals surface area (Å²) >= 11 is 0. The van der Waals surface area contributed by atoms with Gasteiger partial charge < -0.3 is 14.7 Å². The lowest BCUT2D eigenvalue weighted by Crippen LogP contribution is -2.06. The lowest BCUT2D eigenvalue weighted by Gasteiger charge is -2.16. The maximum Gasteiger partial charge on any atom is 0.244 e. The SMILES string of the molecule is [C-]#[N+]CC(O)c1ccc(OC)cc1C(C)C. The highest BCUT2D eigenvalue weighted by molar-refractivity contribution is 5.39. The van der Waals surface area contributed by atoms with E-state index >= 15 is 0 Å². The van der Waals surface area contributed by atoms with Crippen LogP contribution in [0, 0.1) is 6.57 Å². The van der Waals surface area contributed by atoms with E-state index in [0.29, 0.717) is 5.92 Å². The quantitative estimate of drug-likeness (QED) is 0.790. The standard InChI is InChI=1S/C13H17NO2/c1-9(2)12-7-10(16-4)5-6-11(12)13(15)8-14-3/h5-7,9,13,15H,8H2,1-2,4H3. The average Bonchev–Trinajstić information content (AvgIpc) is 2.28. The number of nitrogens with zero attached hydrogens (tertiary/aromatic N) is 1. The van der Waals surface area contributed by atoms with Crippen LogP contribution in [0.3, 0.4) is 0 Å². The largest absolute Gasteiger partial charge is 0.497 e. The molecule has 0 heterocycles. The molecule has 0 amide bonds. The van der Waals surface area contributed by atoms with Crippen LogP contribution < -0.4 is 4.74 Å². The summed E-state index contributed by atoms with van der Waals surface area (Å²) in [7, 11) is 1.62. The van der Waals surface area contributed by atoms with Gasteiger partial charge in [0.2, 0.25) is 6.54 Å². The molecule has 0 fully saturated rings. The second kappa shape index (κ2) is 5.53. The summed E-state index contributed by atoms with van der Waals surface area (Å²) in [6, 6.07) is 5.57. The van der Waals surface area contributed by atoms with E-state index in [4.69, 9.17) is 11.3 Å². The summed E-state index contributed by atoms with van der Waals surface area (Å²) in [5.74, 6) is 1.08. The van der Waals surface area contributed by atoms with Gasteiger partial charge in [-0.05, 0) is 29.2 Å². The first-order chi connectivity index (χ1) is 7.60. The molecular formula is C13H17NO2. The van der Waals surface area contributed by atoms with Crippen LogP contribution in [0.25, 0.3) is 4.85 Å². The minimum atomic E-state index is -0.708. The maximum atomic E-state index is 9.86. The maximum absolute atomic E-state index is 9.86. The minimum Gasteiger partial charge on any atom is -0.497 e. The fraction of sp³-hybridized carbons (Fsp3) is 0.462. The zero-order chi connectivity index (χ0) is 12.1. The summed E-state index contributed by atoms with van der Waals surface area (Å²) in [5, 5.41) is 9.86. The highest BCUT2D eigenvalue weighted by Crippen LogP contribution is 2.29. The van der Waals surface area contributed by atoms with Crippen LogP contribution >= 0.6 is 0 Å². The van der Waals surface area contributed by atoms with Crippen molar-refractivity contribution in [1.82, 2.24) is 0 Å². The van der Waals surface area contributed by atoms with Gasteiger partial charge in [0.25, 0.3) is 0 Å². The van der Waals surface area contributed by atoms with Gasteiger partial charge >= 0.3 is 0 Å². The van der Waals surface area contributed by atoms with Crippen molar-refractivity contribution < 1.29 is 9.84 Å². The molecule has 0 spiro atoms. The lowest BCUT2D eigenvalue weighted by molar-refractivity contribution is 0.194. The Morgan fingerprint density at radius 2 is 2.06 bits per heavy atom. The van der Waals surface area contributed by atoms with Gasteiger partial charge in [0, 0.05) is 0 Å². The van der Waals surface area contributed by atoms with Crippen molar-refractivity contribution in [2.24, 2.45) is 0 Å². The molecule has 1 atom stereocenters. The Morgan fingerprint density at radius 1 is 1.38 bits per heavy atom. The van der Waals surface area contributed by atoms with Crippen molar-refractivity contribution in [3.8, 4) is 5.75 Å². The summed E-state index contributed by atoms with van der Waals surface area (Å²) in [5.41, 5.74) is 1.86. The molecule has 0 bridgehead atoms. The van der Waals surface area contributed by atoms with E-state index in [2.05, 4.69) is 18.7 Å². The third-order valence-corrected chi connectivity index (χ3v) is 2.54. The molecule has 3 heteroatoms. The van der Waals surface area contributed by atoms with E-state index in [0.717, 1.165) is 16.9 Å². The van der Waals surface area contributed by atoms with Crippen molar-refractivity contribution in [2.75, 3.05) is 13.7 Å². The molecule has 0 aliphatic rings. The van der Waals surface area contributed by atoms with Crippen LogP contribution in [0.1, 0.15) is 37.0 Å². The van der Waals surface area contributed by atoms with Crippen LogP contribution in [0.15, 0.2) is 18.2 Å². The first-order valence-electron chi connectivity index (χ1n) is 5.29. The Kier molecular flexibility index (Phi) is 4.33. The van der Waals surface area contributed by atoms with Gasteiger partial charge in [0.1, 0.15) is 5.75 Å². The molecule has 1 aromatic rings. The summed E-state index contributed by atoms with van der Waals surface area (Å²) in [6.07, 6.45) is -0.708. The molecule has 1 rings (SSSR count). The predicted octanol–water partition coefficient (Wildman–Crippen LogP) is 2.77. The lowest BCUT2D eigenvalue weighted by atomic mass is 9.93. The van der Waals surface area contributed by atoms with E-state index < -0.39 is 6.10 Å². The molecule has 3 nitrogen and oxygen atoms in total. The number of ether oxygens (including phenoxy) is 1. The van der Waals surface area contributed by atoms with Crippen molar-refractivity contribution in [3.63, 3.8) is 0 Å². The number of rotatable bonds is 4. The first-order valence-corrected chi connectivity index (χ1v) is 5.29. The third kappa shape index (κ3) is 2.74. The van der Waals surface area contributed by atoms with Gasteiger partial charge in [-0.3, -0.25) is 0 Å². The third-order valence-electron chi connectivity index (χ3n) is 2.54. The highest BCUT2D eigenvalue weighted by Gasteiger charge is 2.17.